The highest BCUT2D eigenvalue weighted by atomic mass is 16.8. The fraction of sp³-hybridized carbons (Fsp3) is 0.543. The molecule has 10 heteroatoms. The van der Waals surface area contributed by atoms with E-state index in [0.29, 0.717) is 31.0 Å². The number of hydrogen-bond donors (Lipinski definition) is 2. The molecule has 0 aromatic heterocycles. The van der Waals surface area contributed by atoms with Crippen LogP contribution in [0.5, 0.6) is 0 Å². The largest absolute Gasteiger partial charge is 0.458 e. The molecule has 4 heterocycles. The summed E-state index contributed by atoms with van der Waals surface area (Å²) in [6, 6.07) is 15.3. The molecule has 6 fully saturated rings. The van der Waals surface area contributed by atoms with Crippen LogP contribution in [-0.2, 0) is 52.8 Å². The maximum Gasteiger partial charge on any atom is 0.327 e. The van der Waals surface area contributed by atoms with Crippen molar-refractivity contribution in [3.05, 3.63) is 76.9 Å². The number of carbonyl (C=O) groups is 2. The third-order valence-electron chi connectivity index (χ3n) is 11.1. The van der Waals surface area contributed by atoms with Crippen molar-refractivity contribution in [2.75, 3.05) is 13.2 Å². The fourth-order valence-corrected chi connectivity index (χ4v) is 8.95. The number of hydroxylamine groups is 2. The summed E-state index contributed by atoms with van der Waals surface area (Å²) in [5.41, 5.74) is 3.09. The minimum atomic E-state index is -1.26. The van der Waals surface area contributed by atoms with E-state index in [2.05, 4.69) is 35.7 Å². The van der Waals surface area contributed by atoms with Gasteiger partial charge in [0.05, 0.1) is 25.4 Å². The van der Waals surface area contributed by atoms with Crippen molar-refractivity contribution in [2.45, 2.75) is 93.5 Å². The highest BCUT2D eigenvalue weighted by Gasteiger charge is 2.76. The number of aliphatic hydroxyl groups excluding tert-OH is 1. The monoisotopic (exact) mass is 614 g/mol. The maximum atomic E-state index is 14.1. The van der Waals surface area contributed by atoms with Crippen molar-refractivity contribution < 1.29 is 38.5 Å². The Balaban J connectivity index is 1.03. The Morgan fingerprint density at radius 2 is 1.78 bits per heavy atom. The molecule has 9 rings (SSSR count). The van der Waals surface area contributed by atoms with Gasteiger partial charge in [-0.05, 0) is 47.4 Å². The lowest BCUT2D eigenvalue weighted by Gasteiger charge is -2.48. The molecule has 2 aromatic carbocycles. The predicted octanol–water partition coefficient (Wildman–Crippen LogP) is 2.45. The van der Waals surface area contributed by atoms with Crippen LogP contribution in [0, 0.1) is 11.3 Å². The molecule has 1 amide bonds. The van der Waals surface area contributed by atoms with E-state index in [4.69, 9.17) is 23.8 Å². The number of fused-ring (bicyclic) bond motifs is 6. The molecule has 1 spiro atoms. The quantitative estimate of drug-likeness (QED) is 0.358. The van der Waals surface area contributed by atoms with Gasteiger partial charge in [-0.3, -0.25) is 14.4 Å². The van der Waals surface area contributed by atoms with Gasteiger partial charge in [-0.2, -0.15) is 5.06 Å². The highest BCUT2D eigenvalue weighted by molar-refractivity contribution is 5.93. The summed E-state index contributed by atoms with van der Waals surface area (Å²) >= 11 is 0. The second kappa shape index (κ2) is 10.4. The summed E-state index contributed by atoms with van der Waals surface area (Å²) < 4.78 is 25.3. The van der Waals surface area contributed by atoms with Crippen LogP contribution in [0.1, 0.15) is 47.9 Å². The van der Waals surface area contributed by atoms with Gasteiger partial charge >= 0.3 is 5.97 Å². The van der Waals surface area contributed by atoms with Crippen LogP contribution in [0.4, 0.5) is 0 Å². The molecule has 4 saturated heterocycles. The first kappa shape index (κ1) is 28.1. The number of allylic oxidation sites excluding steroid dienone is 1. The van der Waals surface area contributed by atoms with Crippen LogP contribution in [0.25, 0.3) is 6.08 Å². The Hall–Kier alpha value is -3.12. The molecule has 0 radical (unpaired) electrons. The SMILES string of the molecule is O=C1OC2CC3(C(=O)NCCO)C(ON(Cc4ccccc4C=CC4CCC5OC5C4)C13)C1OC3(Cc4ccccc4C3)OC21. The zero-order valence-corrected chi connectivity index (χ0v) is 25.0. The zero-order chi connectivity index (χ0) is 30.3. The number of hydrogen-bond acceptors (Lipinski definition) is 9. The summed E-state index contributed by atoms with van der Waals surface area (Å²) in [7, 11) is 0. The van der Waals surface area contributed by atoms with Gasteiger partial charge in [-0.25, -0.2) is 0 Å². The molecule has 2 N–H and O–H groups in total. The molecule has 4 aliphatic heterocycles. The molecular formula is C35H38N2O8. The smallest absolute Gasteiger partial charge is 0.327 e. The average molecular weight is 615 g/mol. The summed E-state index contributed by atoms with van der Waals surface area (Å²) in [6.07, 6.45) is 7.40. The Morgan fingerprint density at radius 3 is 2.58 bits per heavy atom. The summed E-state index contributed by atoms with van der Waals surface area (Å²) in [5.74, 6) is -1.26. The first-order valence-corrected chi connectivity index (χ1v) is 16.3. The van der Waals surface area contributed by atoms with Gasteiger partial charge in [-0.15, -0.1) is 0 Å². The average Bonchev–Trinajstić information content (AvgIpc) is 3.39. The molecule has 9 unspecified atom stereocenters. The van der Waals surface area contributed by atoms with Gasteiger partial charge in [0.15, 0.2) is 11.8 Å². The minimum Gasteiger partial charge on any atom is -0.458 e. The van der Waals surface area contributed by atoms with E-state index in [1.807, 2.05) is 30.3 Å². The number of epoxide rings is 1. The number of rotatable bonds is 7. The summed E-state index contributed by atoms with van der Waals surface area (Å²) in [4.78, 5) is 34.7. The number of benzene rings is 2. The highest BCUT2D eigenvalue weighted by Crippen LogP contribution is 2.58. The van der Waals surface area contributed by atoms with E-state index in [0.717, 1.165) is 30.4 Å². The number of esters is 1. The minimum absolute atomic E-state index is 0.0753. The lowest BCUT2D eigenvalue weighted by Crippen LogP contribution is -2.69. The van der Waals surface area contributed by atoms with Crippen LogP contribution in [0.3, 0.4) is 0 Å². The topological polar surface area (TPSA) is 119 Å². The molecular weight excluding hydrogens is 576 g/mol. The Kier molecular flexibility index (Phi) is 6.53. The van der Waals surface area contributed by atoms with Crippen LogP contribution < -0.4 is 5.32 Å². The van der Waals surface area contributed by atoms with Crippen molar-refractivity contribution in [3.8, 4) is 0 Å². The van der Waals surface area contributed by atoms with Gasteiger partial charge in [0.1, 0.15) is 29.8 Å². The van der Waals surface area contributed by atoms with Gasteiger partial charge < -0.3 is 29.4 Å². The van der Waals surface area contributed by atoms with E-state index in [1.165, 1.54) is 11.1 Å². The molecule has 7 aliphatic rings. The number of ether oxygens (including phenoxy) is 4. The maximum absolute atomic E-state index is 14.1. The number of nitrogens with one attached hydrogen (secondary N) is 1. The molecule has 236 valence electrons. The van der Waals surface area contributed by atoms with Gasteiger partial charge in [-0.1, -0.05) is 60.7 Å². The van der Waals surface area contributed by atoms with Gasteiger partial charge in [0, 0.05) is 25.8 Å². The van der Waals surface area contributed by atoms with Crippen molar-refractivity contribution in [1.82, 2.24) is 10.4 Å². The van der Waals surface area contributed by atoms with Crippen molar-refractivity contribution >= 4 is 18.0 Å². The molecule has 2 bridgehead atoms. The van der Waals surface area contributed by atoms with E-state index in [-0.39, 0.29) is 32.0 Å². The van der Waals surface area contributed by atoms with E-state index in [9.17, 15) is 14.7 Å². The number of nitrogens with zero attached hydrogens (tertiary/aromatic N) is 1. The lowest BCUT2D eigenvalue weighted by atomic mass is 9.62. The van der Waals surface area contributed by atoms with Crippen LogP contribution in [0.2, 0.25) is 0 Å². The number of amides is 1. The summed E-state index contributed by atoms with van der Waals surface area (Å²) in [6.45, 7) is 0.145. The molecule has 2 aromatic rings. The third kappa shape index (κ3) is 4.45. The molecule has 9 atom stereocenters. The van der Waals surface area contributed by atoms with E-state index < -0.39 is 47.6 Å². The Morgan fingerprint density at radius 1 is 1.00 bits per heavy atom. The number of carbonyl (C=O) groups excluding carboxylic acids is 2. The van der Waals surface area contributed by atoms with Crippen LogP contribution in [-0.4, -0.2) is 83.7 Å². The third-order valence-corrected chi connectivity index (χ3v) is 11.1. The predicted molar refractivity (Wildman–Crippen MR) is 159 cm³/mol. The van der Waals surface area contributed by atoms with Gasteiger partial charge in [0.25, 0.3) is 0 Å². The van der Waals surface area contributed by atoms with Crippen LogP contribution in [0.15, 0.2) is 54.6 Å². The van der Waals surface area contributed by atoms with Crippen LogP contribution >= 0.6 is 0 Å². The Labute approximate surface area is 261 Å². The molecule has 10 nitrogen and oxygen atoms in total. The molecule has 2 saturated carbocycles. The Bertz CT molecular complexity index is 1540. The van der Waals surface area contributed by atoms with Crippen molar-refractivity contribution in [1.29, 1.82) is 0 Å². The summed E-state index contributed by atoms with van der Waals surface area (Å²) in [5, 5.41) is 14.0. The van der Waals surface area contributed by atoms with Crippen molar-refractivity contribution in [2.24, 2.45) is 11.3 Å². The second-order valence-electron chi connectivity index (χ2n) is 13.7. The standard InChI is InChI=1S/C35H38N2O8/c38-14-13-36-33(40)35-18-27-28-29(44-34(43-28)16-22-6-2-3-7-23(22)17-34)31(35)45-37(30(35)32(39)42-27)19-24-8-4-1-5-21(24)11-9-20-10-12-25-26(15-20)41-25/h1-9,11,20,25-31,38H,10,12-19H2,(H,36,40). The first-order valence-electron chi connectivity index (χ1n) is 16.3. The molecule has 3 aliphatic carbocycles. The fourth-order valence-electron chi connectivity index (χ4n) is 8.95. The first-order chi connectivity index (χ1) is 22.0. The second-order valence-corrected chi connectivity index (χ2v) is 13.7. The van der Waals surface area contributed by atoms with E-state index in [1.54, 1.807) is 5.06 Å². The molecule has 45 heavy (non-hydrogen) atoms. The normalized spacial score (nSPS) is 38.6. The zero-order valence-electron chi connectivity index (χ0n) is 25.0. The van der Waals surface area contributed by atoms with Gasteiger partial charge in [0.2, 0.25) is 5.91 Å². The van der Waals surface area contributed by atoms with E-state index >= 15 is 0 Å². The van der Waals surface area contributed by atoms with Crippen molar-refractivity contribution in [3.63, 3.8) is 0 Å². The lowest BCUT2D eigenvalue weighted by molar-refractivity contribution is -0.217. The number of aliphatic hydroxyl groups is 1.